The van der Waals surface area contributed by atoms with Crippen LogP contribution in [0.2, 0.25) is 0 Å². The van der Waals surface area contributed by atoms with Gasteiger partial charge < -0.3 is 9.64 Å². The normalized spacial score (nSPS) is 22.5. The molecule has 2 atom stereocenters. The first kappa shape index (κ1) is 18.4. The molecule has 0 saturated carbocycles. The monoisotopic (exact) mass is 370 g/mol. The number of piperazine rings is 1. The van der Waals surface area contributed by atoms with E-state index in [1.165, 1.54) is 5.69 Å². The van der Waals surface area contributed by atoms with Gasteiger partial charge in [0.05, 0.1) is 18.7 Å². The Labute approximate surface area is 161 Å². The summed E-state index contributed by atoms with van der Waals surface area (Å²) in [5, 5.41) is 12.7. The van der Waals surface area contributed by atoms with Gasteiger partial charge in [0, 0.05) is 38.5 Å². The first-order chi connectivity index (χ1) is 13.2. The molecule has 2 aliphatic heterocycles. The Hall–Kier alpha value is -1.99. The Morgan fingerprint density at radius 2 is 1.89 bits per heavy atom. The van der Waals surface area contributed by atoms with Crippen LogP contribution in [0.1, 0.15) is 38.6 Å². The molecule has 2 aromatic rings. The minimum Gasteiger partial charge on any atom is -0.376 e. The Kier molecular flexibility index (Phi) is 5.69. The fourth-order valence-corrected chi connectivity index (χ4v) is 4.31. The van der Waals surface area contributed by atoms with Gasteiger partial charge in [-0.25, -0.2) is 4.68 Å². The Balaban J connectivity index is 1.45. The van der Waals surface area contributed by atoms with E-state index in [-0.39, 0.29) is 12.1 Å². The van der Waals surface area contributed by atoms with E-state index in [0.29, 0.717) is 5.92 Å². The highest BCUT2D eigenvalue weighted by atomic mass is 16.5. The molecule has 1 aromatic heterocycles. The predicted molar refractivity (Wildman–Crippen MR) is 105 cm³/mol. The van der Waals surface area contributed by atoms with Crippen molar-refractivity contribution < 1.29 is 4.74 Å². The summed E-state index contributed by atoms with van der Waals surface area (Å²) in [5.41, 5.74) is 1.31. The van der Waals surface area contributed by atoms with Crippen LogP contribution >= 0.6 is 0 Å². The molecular formula is C20H30N6O. The molecule has 7 nitrogen and oxygen atoms in total. The van der Waals surface area contributed by atoms with Crippen LogP contribution in [0.15, 0.2) is 30.3 Å². The average Bonchev–Trinajstić information content (AvgIpc) is 3.36. The second-order valence-corrected chi connectivity index (χ2v) is 7.90. The second kappa shape index (κ2) is 8.35. The molecule has 1 aromatic carbocycles. The van der Waals surface area contributed by atoms with Crippen LogP contribution in [0.5, 0.6) is 0 Å². The van der Waals surface area contributed by atoms with Crippen LogP contribution in [0.4, 0.5) is 5.69 Å². The molecule has 2 aliphatic rings. The van der Waals surface area contributed by atoms with Gasteiger partial charge in [-0.1, -0.05) is 32.0 Å². The maximum Gasteiger partial charge on any atom is 0.168 e. The van der Waals surface area contributed by atoms with Crippen molar-refractivity contribution in [2.75, 3.05) is 37.7 Å². The van der Waals surface area contributed by atoms with Gasteiger partial charge in [-0.2, -0.15) is 0 Å². The standard InChI is InChI=1S/C20H30N6O/c1-16(2)19(20-21-22-23-26(20)15-18-9-6-14-27-18)25-12-10-24(11-13-25)17-7-4-3-5-8-17/h3-5,7-8,16,18-19H,6,9-15H2,1-2H3/t18-,19-/m1/s1. The summed E-state index contributed by atoms with van der Waals surface area (Å²) in [6.07, 6.45) is 2.48. The highest BCUT2D eigenvalue weighted by Gasteiger charge is 2.32. The summed E-state index contributed by atoms with van der Waals surface area (Å²) < 4.78 is 7.77. The van der Waals surface area contributed by atoms with Crippen molar-refractivity contribution in [3.05, 3.63) is 36.2 Å². The van der Waals surface area contributed by atoms with Gasteiger partial charge in [0.1, 0.15) is 0 Å². The molecule has 3 heterocycles. The minimum atomic E-state index is 0.235. The third kappa shape index (κ3) is 4.14. The number of ether oxygens (including phenoxy) is 1. The molecule has 0 amide bonds. The van der Waals surface area contributed by atoms with Crippen LogP contribution in [0.25, 0.3) is 0 Å². The van der Waals surface area contributed by atoms with Crippen LogP contribution in [-0.2, 0) is 11.3 Å². The van der Waals surface area contributed by atoms with Crippen LogP contribution < -0.4 is 4.90 Å². The molecule has 27 heavy (non-hydrogen) atoms. The largest absolute Gasteiger partial charge is 0.376 e. The summed E-state index contributed by atoms with van der Waals surface area (Å²) in [5.74, 6) is 1.43. The van der Waals surface area contributed by atoms with E-state index in [2.05, 4.69) is 69.5 Å². The molecule has 7 heteroatoms. The van der Waals surface area contributed by atoms with Gasteiger partial charge in [0.2, 0.25) is 0 Å². The molecule has 0 aliphatic carbocycles. The number of hydrogen-bond acceptors (Lipinski definition) is 6. The van der Waals surface area contributed by atoms with Crippen LogP contribution in [0.3, 0.4) is 0 Å². The topological polar surface area (TPSA) is 59.3 Å². The van der Waals surface area contributed by atoms with Gasteiger partial charge in [-0.05, 0) is 41.3 Å². The summed E-state index contributed by atoms with van der Waals surface area (Å²) in [6.45, 7) is 10.2. The van der Waals surface area contributed by atoms with E-state index in [0.717, 1.165) is 58.0 Å². The van der Waals surface area contributed by atoms with E-state index in [1.54, 1.807) is 0 Å². The Bertz CT molecular complexity index is 704. The lowest BCUT2D eigenvalue weighted by molar-refractivity contribution is 0.0865. The average molecular weight is 371 g/mol. The van der Waals surface area contributed by atoms with Gasteiger partial charge in [-0.3, -0.25) is 4.90 Å². The number of benzene rings is 1. The number of hydrogen-bond donors (Lipinski definition) is 0. The number of tetrazole rings is 1. The highest BCUT2D eigenvalue weighted by molar-refractivity contribution is 5.46. The molecule has 0 spiro atoms. The fraction of sp³-hybridized carbons (Fsp3) is 0.650. The number of aromatic nitrogens is 4. The lowest BCUT2D eigenvalue weighted by Crippen LogP contribution is -2.49. The third-order valence-corrected chi connectivity index (χ3v) is 5.69. The maximum atomic E-state index is 5.79. The summed E-state index contributed by atoms with van der Waals surface area (Å²) in [7, 11) is 0. The number of nitrogens with zero attached hydrogens (tertiary/aromatic N) is 6. The van der Waals surface area contributed by atoms with Crippen molar-refractivity contribution in [2.45, 2.75) is 45.4 Å². The summed E-state index contributed by atoms with van der Waals surface area (Å²) in [6, 6.07) is 10.9. The Morgan fingerprint density at radius 1 is 1.11 bits per heavy atom. The lowest BCUT2D eigenvalue weighted by atomic mass is 10.0. The lowest BCUT2D eigenvalue weighted by Gasteiger charge is -2.41. The smallest absolute Gasteiger partial charge is 0.168 e. The summed E-state index contributed by atoms with van der Waals surface area (Å²) in [4.78, 5) is 5.00. The maximum absolute atomic E-state index is 5.79. The zero-order valence-electron chi connectivity index (χ0n) is 16.4. The van der Waals surface area contributed by atoms with Gasteiger partial charge in [0.25, 0.3) is 0 Å². The third-order valence-electron chi connectivity index (χ3n) is 5.69. The quantitative estimate of drug-likeness (QED) is 0.778. The molecule has 0 radical (unpaired) electrons. The summed E-state index contributed by atoms with van der Waals surface area (Å²) >= 11 is 0. The minimum absolute atomic E-state index is 0.235. The van der Waals surface area contributed by atoms with E-state index < -0.39 is 0 Å². The van der Waals surface area contributed by atoms with E-state index in [1.807, 2.05) is 4.68 Å². The van der Waals surface area contributed by atoms with E-state index in [9.17, 15) is 0 Å². The van der Waals surface area contributed by atoms with Gasteiger partial charge >= 0.3 is 0 Å². The highest BCUT2D eigenvalue weighted by Crippen LogP contribution is 2.29. The Morgan fingerprint density at radius 3 is 2.56 bits per heavy atom. The zero-order chi connectivity index (χ0) is 18.6. The molecule has 2 saturated heterocycles. The van der Waals surface area contributed by atoms with Crippen LogP contribution in [0, 0.1) is 5.92 Å². The van der Waals surface area contributed by atoms with Gasteiger partial charge in [0.15, 0.2) is 5.82 Å². The number of para-hydroxylation sites is 1. The fourth-order valence-electron chi connectivity index (χ4n) is 4.31. The van der Waals surface area contributed by atoms with E-state index in [4.69, 9.17) is 4.74 Å². The SMILES string of the molecule is CC(C)[C@H](c1nnnn1C[C@H]1CCCO1)N1CCN(c2ccccc2)CC1. The van der Waals surface area contributed by atoms with Crippen molar-refractivity contribution >= 4 is 5.69 Å². The predicted octanol–water partition coefficient (Wildman–Crippen LogP) is 2.37. The molecule has 0 bridgehead atoms. The van der Waals surface area contributed by atoms with Crippen molar-refractivity contribution in [3.8, 4) is 0 Å². The number of rotatable bonds is 6. The molecular weight excluding hydrogens is 340 g/mol. The van der Waals surface area contributed by atoms with Crippen molar-refractivity contribution in [1.29, 1.82) is 0 Å². The van der Waals surface area contributed by atoms with Crippen molar-refractivity contribution in [3.63, 3.8) is 0 Å². The van der Waals surface area contributed by atoms with Crippen molar-refractivity contribution in [1.82, 2.24) is 25.1 Å². The zero-order valence-corrected chi connectivity index (χ0v) is 16.4. The molecule has 4 rings (SSSR count). The van der Waals surface area contributed by atoms with Crippen LogP contribution in [-0.4, -0.2) is 64.0 Å². The molecule has 146 valence electrons. The molecule has 0 N–H and O–H groups in total. The number of anilines is 1. The first-order valence-electron chi connectivity index (χ1n) is 10.1. The van der Waals surface area contributed by atoms with Crippen molar-refractivity contribution in [2.24, 2.45) is 5.92 Å². The van der Waals surface area contributed by atoms with E-state index >= 15 is 0 Å². The second-order valence-electron chi connectivity index (χ2n) is 7.90. The molecule has 0 unspecified atom stereocenters. The molecule has 2 fully saturated rings. The first-order valence-corrected chi connectivity index (χ1v) is 10.1. The van der Waals surface area contributed by atoms with Gasteiger partial charge in [-0.15, -0.1) is 5.10 Å².